The number of nitrogens with two attached hydrogens (primary N) is 1. The molecule has 0 aromatic heterocycles. The van der Waals surface area contributed by atoms with E-state index in [-0.39, 0.29) is 17.9 Å². The largest absolute Gasteiger partial charge is 0.469 e. The number of esters is 1. The molecule has 1 aromatic carbocycles. The first kappa shape index (κ1) is 13.8. The number of rotatable bonds is 1. The lowest BCUT2D eigenvalue weighted by molar-refractivity contribution is -0.142. The smallest absolute Gasteiger partial charge is 0.313 e. The van der Waals surface area contributed by atoms with Gasteiger partial charge in [0.1, 0.15) is 0 Å². The van der Waals surface area contributed by atoms with Crippen LogP contribution >= 0.6 is 12.2 Å². The number of carbonyl (C=O) groups excluding carboxylic acids is 1. The van der Waals surface area contributed by atoms with Crippen LogP contribution in [0.4, 0.5) is 5.69 Å². The lowest BCUT2D eigenvalue weighted by Crippen LogP contribution is -2.50. The van der Waals surface area contributed by atoms with Crippen molar-refractivity contribution in [2.45, 2.75) is 25.3 Å². The number of fused-ring (bicyclic) bond motifs is 1. The van der Waals surface area contributed by atoms with E-state index in [9.17, 15) is 4.79 Å². The number of hydrogen-bond acceptors (Lipinski definition) is 4. The Labute approximate surface area is 117 Å². The van der Waals surface area contributed by atoms with E-state index in [2.05, 4.69) is 5.43 Å². The molecule has 0 bridgehead atoms. The van der Waals surface area contributed by atoms with Crippen molar-refractivity contribution < 1.29 is 9.53 Å². The Morgan fingerprint density at radius 2 is 2.21 bits per heavy atom. The molecule has 0 saturated carbocycles. The number of anilines is 1. The maximum Gasteiger partial charge on any atom is 0.313 e. The third-order valence-electron chi connectivity index (χ3n) is 3.42. The number of para-hydroxylation sites is 1. The summed E-state index contributed by atoms with van der Waals surface area (Å²) in [5, 5.41) is 0.447. The van der Waals surface area contributed by atoms with Gasteiger partial charge in [-0.05, 0) is 37.2 Å². The summed E-state index contributed by atoms with van der Waals surface area (Å²) in [7, 11) is 1.41. The predicted octanol–water partition coefficient (Wildman–Crippen LogP) is 1.29. The highest BCUT2D eigenvalue weighted by Crippen LogP contribution is 2.38. The summed E-state index contributed by atoms with van der Waals surface area (Å²) in [4.78, 5) is 13.8. The molecule has 0 spiro atoms. The van der Waals surface area contributed by atoms with Gasteiger partial charge >= 0.3 is 5.97 Å². The lowest BCUT2D eigenvalue weighted by atomic mass is 9.86. The molecule has 2 atom stereocenters. The van der Waals surface area contributed by atoms with Gasteiger partial charge in [-0.1, -0.05) is 18.2 Å². The summed E-state index contributed by atoms with van der Waals surface area (Å²) in [6, 6.07) is 7.75. The van der Waals surface area contributed by atoms with Gasteiger partial charge in [0.05, 0.1) is 13.0 Å². The van der Waals surface area contributed by atoms with Crippen LogP contribution in [0.2, 0.25) is 0 Å². The molecule has 1 aliphatic heterocycles. The topological polar surface area (TPSA) is 67.6 Å². The number of ether oxygens (including phenoxy) is 1. The van der Waals surface area contributed by atoms with Crippen molar-refractivity contribution in [3.05, 3.63) is 29.8 Å². The fourth-order valence-electron chi connectivity index (χ4n) is 2.56. The molecular weight excluding hydrogens is 262 g/mol. The van der Waals surface area contributed by atoms with Crippen molar-refractivity contribution >= 4 is 29.0 Å². The number of methoxy groups -OCH3 is 1. The third-order valence-corrected chi connectivity index (χ3v) is 3.73. The van der Waals surface area contributed by atoms with Crippen LogP contribution in [0.25, 0.3) is 0 Å². The summed E-state index contributed by atoms with van der Waals surface area (Å²) < 4.78 is 4.89. The van der Waals surface area contributed by atoms with Gasteiger partial charge in [0.2, 0.25) is 0 Å². The van der Waals surface area contributed by atoms with Crippen LogP contribution in [0.5, 0.6) is 0 Å². The summed E-state index contributed by atoms with van der Waals surface area (Å²) in [5.41, 5.74) is 4.33. The molecule has 6 heteroatoms. The fourth-order valence-corrected chi connectivity index (χ4v) is 2.84. The molecule has 0 aliphatic carbocycles. The molecule has 0 amide bonds. The van der Waals surface area contributed by atoms with Gasteiger partial charge in [0.15, 0.2) is 5.11 Å². The quantitative estimate of drug-likeness (QED) is 0.349. The second-order valence-corrected chi connectivity index (χ2v) is 4.93. The van der Waals surface area contributed by atoms with Crippen LogP contribution in [0, 0.1) is 0 Å². The Bertz CT molecular complexity index is 506. The Balaban J connectivity index is 2.48. The first-order chi connectivity index (χ1) is 9.10. The monoisotopic (exact) mass is 279 g/mol. The zero-order valence-electron chi connectivity index (χ0n) is 10.9. The molecule has 102 valence electrons. The van der Waals surface area contributed by atoms with Crippen molar-refractivity contribution in [2.75, 3.05) is 12.0 Å². The van der Waals surface area contributed by atoms with Crippen LogP contribution in [0.15, 0.2) is 24.3 Å². The minimum Gasteiger partial charge on any atom is -0.469 e. The van der Waals surface area contributed by atoms with Crippen molar-refractivity contribution in [3.8, 4) is 0 Å². The Hall–Kier alpha value is -1.66. The molecule has 0 fully saturated rings. The molecular formula is C13H17N3O2S. The maximum atomic E-state index is 11.9. The molecule has 0 saturated heterocycles. The van der Waals surface area contributed by atoms with Crippen molar-refractivity contribution in [3.63, 3.8) is 0 Å². The normalized spacial score (nSPS) is 21.5. The lowest BCUT2D eigenvalue weighted by Gasteiger charge is -2.39. The van der Waals surface area contributed by atoms with Gasteiger partial charge in [-0.25, -0.2) is 5.84 Å². The van der Waals surface area contributed by atoms with E-state index in [1.54, 1.807) is 0 Å². The summed E-state index contributed by atoms with van der Waals surface area (Å²) in [5.74, 6) is 4.94. The number of nitrogens with zero attached hydrogens (tertiary/aromatic N) is 1. The summed E-state index contributed by atoms with van der Waals surface area (Å²) in [6.45, 7) is 2.01. The zero-order chi connectivity index (χ0) is 14.0. The van der Waals surface area contributed by atoms with E-state index in [1.807, 2.05) is 36.1 Å². The molecule has 2 unspecified atom stereocenters. The Morgan fingerprint density at radius 1 is 1.53 bits per heavy atom. The molecule has 2 rings (SSSR count). The number of hydrazine groups is 1. The second-order valence-electron chi connectivity index (χ2n) is 4.54. The number of benzene rings is 1. The first-order valence-corrected chi connectivity index (χ1v) is 6.47. The van der Waals surface area contributed by atoms with E-state index in [4.69, 9.17) is 22.8 Å². The van der Waals surface area contributed by atoms with Gasteiger partial charge in [-0.3, -0.25) is 4.79 Å². The summed E-state index contributed by atoms with van der Waals surface area (Å²) >= 11 is 5.23. The second kappa shape index (κ2) is 5.54. The number of thiocarbonyl (C=S) groups is 1. The first-order valence-electron chi connectivity index (χ1n) is 6.06. The average Bonchev–Trinajstić information content (AvgIpc) is 2.44. The van der Waals surface area contributed by atoms with Crippen molar-refractivity contribution in [1.29, 1.82) is 0 Å². The van der Waals surface area contributed by atoms with Crippen LogP contribution in [0.3, 0.4) is 0 Å². The van der Waals surface area contributed by atoms with Gasteiger partial charge in [-0.2, -0.15) is 0 Å². The third kappa shape index (κ3) is 2.41. The van der Waals surface area contributed by atoms with E-state index in [0.717, 1.165) is 11.3 Å². The zero-order valence-corrected chi connectivity index (χ0v) is 11.7. The molecule has 5 nitrogen and oxygen atoms in total. The van der Waals surface area contributed by atoms with Gasteiger partial charge in [0, 0.05) is 11.7 Å². The molecule has 1 aromatic rings. The predicted molar refractivity (Wildman–Crippen MR) is 77.7 cm³/mol. The van der Waals surface area contributed by atoms with Crippen LogP contribution < -0.4 is 16.2 Å². The highest BCUT2D eigenvalue weighted by Gasteiger charge is 2.36. The maximum absolute atomic E-state index is 11.9. The van der Waals surface area contributed by atoms with Crippen molar-refractivity contribution in [1.82, 2.24) is 5.43 Å². The van der Waals surface area contributed by atoms with Gasteiger partial charge in [0.25, 0.3) is 0 Å². The fraction of sp³-hybridized carbons (Fsp3) is 0.385. The average molecular weight is 279 g/mol. The highest BCUT2D eigenvalue weighted by atomic mass is 32.1. The van der Waals surface area contributed by atoms with Gasteiger partial charge < -0.3 is 15.1 Å². The summed E-state index contributed by atoms with van der Waals surface area (Å²) in [6.07, 6.45) is 0.644. The number of nitrogens with one attached hydrogen (secondary N) is 1. The minimum absolute atomic E-state index is 0.0718. The molecule has 19 heavy (non-hydrogen) atoms. The van der Waals surface area contributed by atoms with Crippen LogP contribution in [-0.4, -0.2) is 24.2 Å². The van der Waals surface area contributed by atoms with Gasteiger partial charge in [-0.15, -0.1) is 0 Å². The molecule has 1 aliphatic rings. The SMILES string of the molecule is COC(=O)C1CC(C)N(C(=S)NN)c2ccccc21. The van der Waals surface area contributed by atoms with E-state index >= 15 is 0 Å². The van der Waals surface area contributed by atoms with Crippen molar-refractivity contribution in [2.24, 2.45) is 5.84 Å². The number of hydrogen-bond donors (Lipinski definition) is 2. The number of carbonyl (C=O) groups is 1. The Morgan fingerprint density at radius 3 is 2.84 bits per heavy atom. The minimum atomic E-state index is -0.256. The standard InChI is InChI=1S/C13H17N3O2S/c1-8-7-10(12(17)18-2)9-5-3-4-6-11(9)16(8)13(19)15-14/h3-6,8,10H,7,14H2,1-2H3,(H,15,19). The highest BCUT2D eigenvalue weighted by molar-refractivity contribution is 7.80. The van der Waals surface area contributed by atoms with E-state index in [0.29, 0.717) is 11.5 Å². The molecule has 0 radical (unpaired) electrons. The molecule has 3 N–H and O–H groups in total. The van der Waals surface area contributed by atoms with Crippen LogP contribution in [-0.2, 0) is 9.53 Å². The van der Waals surface area contributed by atoms with E-state index < -0.39 is 0 Å². The van der Waals surface area contributed by atoms with E-state index in [1.165, 1.54) is 7.11 Å². The Kier molecular flexibility index (Phi) is 4.01. The molecule has 1 heterocycles. The van der Waals surface area contributed by atoms with Crippen LogP contribution in [0.1, 0.15) is 24.8 Å².